The molecule has 0 saturated heterocycles. The normalized spacial score (nSPS) is 49.6. The number of hydrogen-bond acceptors (Lipinski definition) is 3. The van der Waals surface area contributed by atoms with E-state index in [0.29, 0.717) is 5.92 Å². The molecule has 6 bridgehead atoms. The third-order valence-corrected chi connectivity index (χ3v) is 9.30. The first-order chi connectivity index (χ1) is 11.4. The van der Waals surface area contributed by atoms with E-state index in [-0.39, 0.29) is 16.2 Å². The summed E-state index contributed by atoms with van der Waals surface area (Å²) in [6, 6.07) is 0. The second-order valence-electron chi connectivity index (χ2n) is 10.7. The molecule has 0 aliphatic heterocycles. The highest BCUT2D eigenvalue weighted by molar-refractivity contribution is 5.41. The van der Waals surface area contributed by atoms with E-state index in [4.69, 9.17) is 15.2 Å². The highest BCUT2D eigenvalue weighted by atomic mass is 15.2. The zero-order chi connectivity index (χ0) is 16.3. The van der Waals surface area contributed by atoms with Crippen molar-refractivity contribution < 1.29 is 0 Å². The van der Waals surface area contributed by atoms with Gasteiger partial charge in [-0.05, 0) is 74.5 Å². The van der Waals surface area contributed by atoms with Crippen molar-refractivity contribution in [1.29, 1.82) is 0 Å². The fraction of sp³-hybridized carbons (Fsp3) is 0.857. The number of nitrogens with zero attached hydrogens (tertiary/aromatic N) is 3. The van der Waals surface area contributed by atoms with Gasteiger partial charge in [0.05, 0.1) is 11.4 Å². The highest BCUT2D eigenvalue weighted by Crippen LogP contribution is 2.67. The summed E-state index contributed by atoms with van der Waals surface area (Å²) in [6.45, 7) is 7.30. The van der Waals surface area contributed by atoms with Crippen LogP contribution in [0.2, 0.25) is 0 Å². The van der Waals surface area contributed by atoms with Gasteiger partial charge in [0.1, 0.15) is 0 Å². The fourth-order valence-electron chi connectivity index (χ4n) is 7.99. The molecule has 6 aliphatic carbocycles. The molecule has 128 valence electrons. The molecule has 5 fully saturated rings. The van der Waals surface area contributed by atoms with Crippen LogP contribution < -0.4 is 0 Å². The third-order valence-electron chi connectivity index (χ3n) is 9.30. The summed E-state index contributed by atoms with van der Waals surface area (Å²) in [5, 5.41) is 9.62. The maximum absolute atomic E-state index is 5.32. The van der Waals surface area contributed by atoms with Crippen molar-refractivity contribution in [2.75, 3.05) is 0 Å². The molecule has 1 aromatic rings. The van der Waals surface area contributed by atoms with Crippen LogP contribution in [0.5, 0.6) is 0 Å². The maximum atomic E-state index is 5.32. The van der Waals surface area contributed by atoms with E-state index in [2.05, 4.69) is 20.8 Å². The first kappa shape index (κ1) is 14.2. The van der Waals surface area contributed by atoms with E-state index in [1.54, 1.807) is 0 Å². The molecule has 0 aromatic carbocycles. The minimum Gasteiger partial charge on any atom is -0.233 e. The monoisotopic (exact) mass is 323 g/mol. The summed E-state index contributed by atoms with van der Waals surface area (Å²) < 4.78 is 0. The lowest BCUT2D eigenvalue weighted by Gasteiger charge is -2.55. The van der Waals surface area contributed by atoms with Crippen LogP contribution in [0.15, 0.2) is 0 Å². The Morgan fingerprint density at radius 3 is 2.12 bits per heavy atom. The molecule has 24 heavy (non-hydrogen) atoms. The Labute approximate surface area is 145 Å². The SMILES string of the molecule is CC1(C)C2CC[C@@]1(C)c1nc(C34CC5CC(CC(C5)C3)C4)nnc12. The van der Waals surface area contributed by atoms with E-state index >= 15 is 0 Å². The summed E-state index contributed by atoms with van der Waals surface area (Å²) in [5.74, 6) is 4.53. The van der Waals surface area contributed by atoms with Crippen molar-refractivity contribution in [3.05, 3.63) is 17.2 Å². The molecular formula is C21H29N3. The van der Waals surface area contributed by atoms with E-state index in [1.807, 2.05) is 0 Å². The Kier molecular flexibility index (Phi) is 2.39. The Balaban J connectivity index is 1.48. The molecule has 3 nitrogen and oxygen atoms in total. The number of rotatable bonds is 1. The van der Waals surface area contributed by atoms with Crippen LogP contribution in [0.3, 0.4) is 0 Å². The Morgan fingerprint density at radius 2 is 1.50 bits per heavy atom. The van der Waals surface area contributed by atoms with Crippen molar-refractivity contribution in [3.63, 3.8) is 0 Å². The van der Waals surface area contributed by atoms with Crippen LogP contribution in [0.25, 0.3) is 0 Å². The lowest BCUT2D eigenvalue weighted by molar-refractivity contribution is -0.0101. The van der Waals surface area contributed by atoms with Gasteiger partial charge >= 0.3 is 0 Å². The van der Waals surface area contributed by atoms with E-state index in [9.17, 15) is 0 Å². The smallest absolute Gasteiger partial charge is 0.157 e. The molecule has 5 saturated carbocycles. The summed E-state index contributed by atoms with van der Waals surface area (Å²) in [6.07, 6.45) is 11.0. The largest absolute Gasteiger partial charge is 0.233 e. The van der Waals surface area contributed by atoms with Crippen molar-refractivity contribution in [2.24, 2.45) is 23.2 Å². The van der Waals surface area contributed by atoms with Gasteiger partial charge in [0.15, 0.2) is 5.82 Å². The van der Waals surface area contributed by atoms with Gasteiger partial charge in [-0.1, -0.05) is 20.8 Å². The van der Waals surface area contributed by atoms with Crippen LogP contribution in [0, 0.1) is 23.2 Å². The number of hydrogen-bond donors (Lipinski definition) is 0. The molecule has 0 spiro atoms. The van der Waals surface area contributed by atoms with E-state index < -0.39 is 0 Å². The van der Waals surface area contributed by atoms with Gasteiger partial charge in [0, 0.05) is 16.7 Å². The van der Waals surface area contributed by atoms with E-state index in [1.165, 1.54) is 62.8 Å². The quantitative estimate of drug-likeness (QED) is 0.763. The van der Waals surface area contributed by atoms with Crippen molar-refractivity contribution in [2.45, 2.75) is 88.9 Å². The Bertz CT molecular complexity index is 701. The zero-order valence-electron chi connectivity index (χ0n) is 15.3. The van der Waals surface area contributed by atoms with Gasteiger partial charge in [0.25, 0.3) is 0 Å². The molecule has 3 heteroatoms. The predicted octanol–water partition coefficient (Wildman–Crippen LogP) is 4.51. The standard InChI is InChI=1S/C21H29N3/c1-19(2)15-4-5-20(19,3)17-16(15)23-24-18(22-17)21-9-12-6-13(10-21)8-14(7-12)11-21/h12-15H,4-11H2,1-3H3/t12?,13?,14?,15?,20-,21?/m0/s1. The van der Waals surface area contributed by atoms with Crippen molar-refractivity contribution in [3.8, 4) is 0 Å². The van der Waals surface area contributed by atoms with Gasteiger partial charge in [-0.15, -0.1) is 5.10 Å². The topological polar surface area (TPSA) is 38.7 Å². The van der Waals surface area contributed by atoms with E-state index in [0.717, 1.165) is 23.6 Å². The van der Waals surface area contributed by atoms with Gasteiger partial charge in [-0.2, -0.15) is 5.10 Å². The Hall–Kier alpha value is -0.990. The first-order valence-corrected chi connectivity index (χ1v) is 10.2. The molecule has 2 atom stereocenters. The lowest BCUT2D eigenvalue weighted by atomic mass is 9.49. The van der Waals surface area contributed by atoms with Gasteiger partial charge in [0.2, 0.25) is 0 Å². The minimum absolute atomic E-state index is 0.208. The van der Waals surface area contributed by atoms with Gasteiger partial charge < -0.3 is 0 Å². The second-order valence-corrected chi connectivity index (χ2v) is 10.7. The second kappa shape index (κ2) is 4.04. The fourth-order valence-corrected chi connectivity index (χ4v) is 7.99. The maximum Gasteiger partial charge on any atom is 0.157 e. The average molecular weight is 323 g/mol. The number of fused-ring (bicyclic) bond motifs is 5. The average Bonchev–Trinajstić information content (AvgIpc) is 2.85. The van der Waals surface area contributed by atoms with Crippen LogP contribution in [0.4, 0.5) is 0 Å². The molecule has 0 N–H and O–H groups in total. The number of aromatic nitrogens is 3. The summed E-state index contributed by atoms with van der Waals surface area (Å²) >= 11 is 0. The summed E-state index contributed by atoms with van der Waals surface area (Å²) in [4.78, 5) is 5.32. The first-order valence-electron chi connectivity index (χ1n) is 10.2. The van der Waals surface area contributed by atoms with Crippen LogP contribution >= 0.6 is 0 Å². The van der Waals surface area contributed by atoms with Crippen molar-refractivity contribution in [1.82, 2.24) is 15.2 Å². The zero-order valence-corrected chi connectivity index (χ0v) is 15.3. The molecule has 0 amide bonds. The van der Waals surface area contributed by atoms with Crippen LogP contribution in [0.1, 0.15) is 95.3 Å². The minimum atomic E-state index is 0.208. The molecule has 6 aliphatic rings. The van der Waals surface area contributed by atoms with Crippen LogP contribution in [-0.2, 0) is 10.8 Å². The van der Waals surface area contributed by atoms with Gasteiger partial charge in [-0.3, -0.25) is 0 Å². The molecular weight excluding hydrogens is 294 g/mol. The molecule has 7 rings (SSSR count). The lowest BCUT2D eigenvalue weighted by Crippen LogP contribution is -2.49. The van der Waals surface area contributed by atoms with Gasteiger partial charge in [-0.25, -0.2) is 4.98 Å². The third kappa shape index (κ3) is 1.46. The summed E-state index contributed by atoms with van der Waals surface area (Å²) in [5.41, 5.74) is 3.34. The molecule has 1 unspecified atom stereocenters. The van der Waals surface area contributed by atoms with Crippen molar-refractivity contribution >= 4 is 0 Å². The highest BCUT2D eigenvalue weighted by Gasteiger charge is 2.62. The molecule has 1 heterocycles. The predicted molar refractivity (Wildman–Crippen MR) is 92.8 cm³/mol. The molecule has 1 aromatic heterocycles. The Morgan fingerprint density at radius 1 is 0.875 bits per heavy atom. The summed E-state index contributed by atoms with van der Waals surface area (Å²) in [7, 11) is 0. The molecule has 0 radical (unpaired) electrons. The van der Waals surface area contributed by atoms with Crippen LogP contribution in [-0.4, -0.2) is 15.2 Å².